The lowest BCUT2D eigenvalue weighted by atomic mass is 10.1. The average Bonchev–Trinajstić information content (AvgIpc) is 2.11. The molecule has 0 fully saturated rings. The van der Waals surface area contributed by atoms with E-state index in [4.69, 9.17) is 15.7 Å². The highest BCUT2D eigenvalue weighted by Crippen LogP contribution is 2.13. The summed E-state index contributed by atoms with van der Waals surface area (Å²) in [6.07, 6.45) is 1.60. The summed E-state index contributed by atoms with van der Waals surface area (Å²) < 4.78 is 5.73. The quantitative estimate of drug-likeness (QED) is 0.236. The van der Waals surface area contributed by atoms with Crippen LogP contribution in [0.1, 0.15) is 27.2 Å². The molecule has 5 nitrogen and oxygen atoms in total. The molecule has 0 radical (unpaired) electrons. The van der Waals surface area contributed by atoms with E-state index in [-0.39, 0.29) is 16.4 Å². The van der Waals surface area contributed by atoms with Gasteiger partial charge in [0.25, 0.3) is 0 Å². The molecule has 0 saturated carbocycles. The van der Waals surface area contributed by atoms with Gasteiger partial charge < -0.3 is 9.84 Å². The second kappa shape index (κ2) is 5.98. The summed E-state index contributed by atoms with van der Waals surface area (Å²) in [7, 11) is 3.59. The molecular formula is C11H23N2O3+. The zero-order valence-electron chi connectivity index (χ0n) is 10.7. The molecule has 3 N–H and O–H groups in total. The number of ether oxygens (including phenoxy) is 1. The average molecular weight is 231 g/mol. The largest absolute Gasteiger partial charge is 0.478 e. The highest BCUT2D eigenvalue weighted by Gasteiger charge is 2.26. The van der Waals surface area contributed by atoms with Crippen molar-refractivity contribution in [2.75, 3.05) is 14.1 Å². The first-order valence-electron chi connectivity index (χ1n) is 5.41. The van der Waals surface area contributed by atoms with E-state index in [2.05, 4.69) is 0 Å². The number of aliphatic carboxylic acids is 1. The third kappa shape index (κ3) is 4.74. The van der Waals surface area contributed by atoms with Gasteiger partial charge in [0.2, 0.25) is 6.23 Å². The smallest absolute Gasteiger partial charge is 0.333 e. The van der Waals surface area contributed by atoms with Crippen LogP contribution in [0.2, 0.25) is 0 Å². The minimum absolute atomic E-state index is 0.142. The van der Waals surface area contributed by atoms with Crippen molar-refractivity contribution in [3.05, 3.63) is 11.6 Å². The van der Waals surface area contributed by atoms with Crippen molar-refractivity contribution in [2.45, 2.75) is 39.5 Å². The van der Waals surface area contributed by atoms with E-state index in [1.165, 1.54) is 0 Å². The van der Waals surface area contributed by atoms with E-state index >= 15 is 0 Å². The summed E-state index contributed by atoms with van der Waals surface area (Å²) in [6.45, 7) is 5.44. The lowest BCUT2D eigenvalue weighted by Gasteiger charge is -2.31. The molecule has 2 atom stereocenters. The molecule has 0 aliphatic rings. The number of nitrogens with two attached hydrogens (primary N) is 1. The van der Waals surface area contributed by atoms with E-state index in [0.717, 1.165) is 0 Å². The molecule has 0 aromatic heterocycles. The van der Waals surface area contributed by atoms with Gasteiger partial charge in [0.05, 0.1) is 25.8 Å². The van der Waals surface area contributed by atoms with Crippen molar-refractivity contribution in [2.24, 2.45) is 5.84 Å². The highest BCUT2D eigenvalue weighted by atomic mass is 16.5. The van der Waals surface area contributed by atoms with Crippen LogP contribution >= 0.6 is 0 Å². The third-order valence-electron chi connectivity index (χ3n) is 2.45. The minimum Gasteiger partial charge on any atom is -0.478 e. The maximum Gasteiger partial charge on any atom is 0.333 e. The molecule has 5 heteroatoms. The second-order valence-corrected chi connectivity index (χ2v) is 4.38. The molecule has 0 rings (SSSR count). The number of hydrogen-bond donors (Lipinski definition) is 2. The van der Waals surface area contributed by atoms with Crippen LogP contribution in [0.4, 0.5) is 0 Å². The fourth-order valence-corrected chi connectivity index (χ4v) is 1.17. The Kier molecular flexibility index (Phi) is 5.64. The van der Waals surface area contributed by atoms with Crippen molar-refractivity contribution >= 4 is 5.97 Å². The maximum atomic E-state index is 11.0. The minimum atomic E-state index is -0.941. The number of carbonyl (C=O) groups is 1. The van der Waals surface area contributed by atoms with Gasteiger partial charge in [-0.2, -0.15) is 5.84 Å². The van der Waals surface area contributed by atoms with Crippen LogP contribution < -0.4 is 5.84 Å². The summed E-state index contributed by atoms with van der Waals surface area (Å²) in [5, 5.41) is 9.01. The number of quaternary nitrogens is 1. The molecule has 94 valence electrons. The van der Waals surface area contributed by atoms with E-state index in [9.17, 15) is 4.79 Å². The van der Waals surface area contributed by atoms with Crippen LogP contribution in [0.25, 0.3) is 0 Å². The van der Waals surface area contributed by atoms with Gasteiger partial charge in [0.1, 0.15) is 0 Å². The third-order valence-corrected chi connectivity index (χ3v) is 2.45. The molecule has 0 amide bonds. The van der Waals surface area contributed by atoms with Gasteiger partial charge in [0, 0.05) is 6.92 Å². The van der Waals surface area contributed by atoms with Gasteiger partial charge in [-0.05, 0) is 13.3 Å². The molecular weight excluding hydrogens is 208 g/mol. The normalized spacial score (nSPS) is 17.0. The molecule has 0 saturated heterocycles. The highest BCUT2D eigenvalue weighted by molar-refractivity contribution is 5.87. The number of rotatable bonds is 6. The number of carboxylic acids is 1. The van der Waals surface area contributed by atoms with Gasteiger partial charge >= 0.3 is 5.97 Å². The van der Waals surface area contributed by atoms with Crippen LogP contribution in [0.3, 0.4) is 0 Å². The lowest BCUT2D eigenvalue weighted by Crippen LogP contribution is -2.55. The SMILES string of the molecule is CC/C=C(\C(=O)O)[C@@H](C)O[C@H](C)[N+](C)(C)N. The summed E-state index contributed by atoms with van der Waals surface area (Å²) in [4.78, 5) is 11.0. The molecule has 0 spiro atoms. The van der Waals surface area contributed by atoms with Crippen molar-refractivity contribution < 1.29 is 19.2 Å². The molecule has 0 heterocycles. The molecule has 0 aliphatic heterocycles. The Morgan fingerprint density at radius 3 is 2.31 bits per heavy atom. The zero-order valence-corrected chi connectivity index (χ0v) is 10.7. The molecule has 0 aliphatic carbocycles. The van der Waals surface area contributed by atoms with Gasteiger partial charge in [-0.25, -0.2) is 9.39 Å². The van der Waals surface area contributed by atoms with Gasteiger partial charge in [-0.1, -0.05) is 13.0 Å². The Balaban J connectivity index is 4.61. The van der Waals surface area contributed by atoms with Crippen molar-refractivity contribution in [1.82, 2.24) is 0 Å². The van der Waals surface area contributed by atoms with Crippen molar-refractivity contribution in [1.29, 1.82) is 0 Å². The fraction of sp³-hybridized carbons (Fsp3) is 0.727. The first kappa shape index (κ1) is 15.1. The number of nitrogens with zero attached hydrogens (tertiary/aromatic N) is 1. The molecule has 0 aromatic rings. The van der Waals surface area contributed by atoms with Crippen molar-refractivity contribution in [3.63, 3.8) is 0 Å². The standard InChI is InChI=1S/C11H22N2O3/c1-6-7-10(11(14)15)8(2)16-9(3)13(4,5)12/h7-9H,6,12H2,1-5H3/p+1/b10-7-/t8-,9-/m1/s1. The summed E-state index contributed by atoms with van der Waals surface area (Å²) in [5.74, 6) is 4.88. The van der Waals surface area contributed by atoms with E-state index in [1.807, 2.05) is 13.8 Å². The number of allylic oxidation sites excluding steroid dienone is 1. The van der Waals surface area contributed by atoms with Gasteiger partial charge in [0.15, 0.2) is 0 Å². The maximum absolute atomic E-state index is 11.0. The predicted molar refractivity (Wildman–Crippen MR) is 62.3 cm³/mol. The fourth-order valence-electron chi connectivity index (χ4n) is 1.17. The van der Waals surface area contributed by atoms with E-state index in [1.54, 1.807) is 27.1 Å². The van der Waals surface area contributed by atoms with E-state index in [0.29, 0.717) is 6.42 Å². The second-order valence-electron chi connectivity index (χ2n) is 4.38. The summed E-state index contributed by atoms with van der Waals surface area (Å²) >= 11 is 0. The van der Waals surface area contributed by atoms with Crippen LogP contribution in [0.5, 0.6) is 0 Å². The molecule has 16 heavy (non-hydrogen) atoms. The van der Waals surface area contributed by atoms with Crippen LogP contribution in [0, 0.1) is 0 Å². The van der Waals surface area contributed by atoms with Crippen LogP contribution in [-0.4, -0.2) is 42.1 Å². The predicted octanol–water partition coefficient (Wildman–Crippen LogP) is 1.11. The zero-order chi connectivity index (χ0) is 12.9. The topological polar surface area (TPSA) is 72.5 Å². The van der Waals surface area contributed by atoms with Crippen LogP contribution in [0.15, 0.2) is 11.6 Å². The molecule has 0 unspecified atom stereocenters. The number of carboxylic acid groups (broad SMARTS) is 1. The van der Waals surface area contributed by atoms with E-state index < -0.39 is 12.1 Å². The Morgan fingerprint density at radius 1 is 1.50 bits per heavy atom. The first-order chi connectivity index (χ1) is 7.20. The monoisotopic (exact) mass is 231 g/mol. The molecule has 0 aromatic carbocycles. The molecule has 0 bridgehead atoms. The Morgan fingerprint density at radius 2 is 2.00 bits per heavy atom. The first-order valence-corrected chi connectivity index (χ1v) is 5.41. The Hall–Kier alpha value is -0.910. The van der Waals surface area contributed by atoms with Crippen molar-refractivity contribution in [3.8, 4) is 0 Å². The van der Waals surface area contributed by atoms with Crippen LogP contribution in [-0.2, 0) is 9.53 Å². The van der Waals surface area contributed by atoms with Gasteiger partial charge in [-0.15, -0.1) is 0 Å². The Bertz CT molecular complexity index is 269. The number of hydrogen-bond acceptors (Lipinski definition) is 3. The summed E-state index contributed by atoms with van der Waals surface area (Å²) in [6, 6.07) is 0. The summed E-state index contributed by atoms with van der Waals surface area (Å²) in [5.41, 5.74) is 0.280. The Labute approximate surface area is 97.0 Å². The van der Waals surface area contributed by atoms with Gasteiger partial charge in [-0.3, -0.25) is 0 Å². The lowest BCUT2D eigenvalue weighted by molar-refractivity contribution is -0.947.